The fourth-order valence-corrected chi connectivity index (χ4v) is 7.83. The van der Waals surface area contributed by atoms with Gasteiger partial charge < -0.3 is 20.7 Å². The summed E-state index contributed by atoms with van der Waals surface area (Å²) in [4.78, 5) is 18.0. The summed E-state index contributed by atoms with van der Waals surface area (Å²) >= 11 is 1.26. The van der Waals surface area contributed by atoms with Crippen LogP contribution in [0.5, 0.6) is 6.01 Å². The molecular formula is C32H35F3N8OS. The number of nitrogens with two attached hydrogens (primary N) is 1. The summed E-state index contributed by atoms with van der Waals surface area (Å²) in [7, 11) is 0. The predicted molar refractivity (Wildman–Crippen MR) is 171 cm³/mol. The molecule has 45 heavy (non-hydrogen) atoms. The monoisotopic (exact) mass is 636 g/mol. The van der Waals surface area contributed by atoms with Gasteiger partial charge in [0, 0.05) is 47.5 Å². The van der Waals surface area contributed by atoms with Crippen LogP contribution in [0.25, 0.3) is 32.2 Å². The zero-order chi connectivity index (χ0) is 31.7. The molecule has 4 aromatic rings. The molecule has 0 saturated carbocycles. The zero-order valence-corrected chi connectivity index (χ0v) is 26.1. The number of thiophene rings is 1. The number of rotatable bonds is 6. The second-order valence-corrected chi connectivity index (χ2v) is 12.4. The van der Waals surface area contributed by atoms with E-state index >= 15 is 4.39 Å². The van der Waals surface area contributed by atoms with Crippen molar-refractivity contribution in [3.05, 3.63) is 47.9 Å². The molecule has 3 aliphatic heterocycles. The third kappa shape index (κ3) is 5.67. The Balaban J connectivity index is 0.00000175. The van der Waals surface area contributed by atoms with Gasteiger partial charge in [-0.05, 0) is 50.9 Å². The number of halogens is 3. The van der Waals surface area contributed by atoms with E-state index in [4.69, 9.17) is 15.5 Å². The highest BCUT2D eigenvalue weighted by molar-refractivity contribution is 7.23. The quantitative estimate of drug-likeness (QED) is 0.259. The van der Waals surface area contributed by atoms with Crippen LogP contribution in [-0.4, -0.2) is 70.8 Å². The number of nitrogen functional groups attached to an aromatic ring is 1. The lowest BCUT2D eigenvalue weighted by Crippen LogP contribution is -2.50. The molecule has 0 spiro atoms. The lowest BCUT2D eigenvalue weighted by molar-refractivity contribution is 0.108. The predicted octanol–water partition coefficient (Wildman–Crippen LogP) is 6.09. The van der Waals surface area contributed by atoms with Crippen LogP contribution in [0.3, 0.4) is 0 Å². The van der Waals surface area contributed by atoms with Crippen LogP contribution in [-0.2, 0) is 0 Å². The lowest BCUT2D eigenvalue weighted by Gasteiger charge is -2.34. The molecule has 3 N–H and O–H groups in total. The van der Waals surface area contributed by atoms with Crippen LogP contribution in [0, 0.1) is 17.1 Å². The van der Waals surface area contributed by atoms with Crippen LogP contribution in [0.1, 0.15) is 45.1 Å². The van der Waals surface area contributed by atoms with Crippen molar-refractivity contribution >= 4 is 43.1 Å². The van der Waals surface area contributed by atoms with Gasteiger partial charge in [0.05, 0.1) is 16.5 Å². The average Bonchev–Trinajstić information content (AvgIpc) is 3.72. The minimum absolute atomic E-state index is 0.0122. The summed E-state index contributed by atoms with van der Waals surface area (Å²) < 4.78 is 49.8. The maximum absolute atomic E-state index is 16.6. The number of nitrogens with zero attached hydrogens (tertiary/aromatic N) is 6. The van der Waals surface area contributed by atoms with Crippen molar-refractivity contribution in [3.8, 4) is 23.3 Å². The number of nitriles is 1. The Morgan fingerprint density at radius 3 is 2.73 bits per heavy atom. The standard InChI is InChI=1S/C30H29F3N8OS.C2H6/c31-22(32)12-17-15-40(11-8-36-17)28-20-14-37-25(18-4-1-5-21-23(18)19(13-34)27(35)43-21)24(33)26(20)38-29(39-28)42-16-30-6-2-9-41(30)10-3-7-30;1-2/h1,4-5,12,14,17,36H,2-3,6-11,15-16,35H2;1-2H3. The molecule has 3 fully saturated rings. The summed E-state index contributed by atoms with van der Waals surface area (Å²) in [5.41, 5.74) is 6.78. The molecule has 0 bridgehead atoms. The summed E-state index contributed by atoms with van der Waals surface area (Å²) in [6.07, 6.45) is 4.84. The Morgan fingerprint density at radius 1 is 1.22 bits per heavy atom. The smallest absolute Gasteiger partial charge is 0.319 e. The zero-order valence-electron chi connectivity index (χ0n) is 25.2. The van der Waals surface area contributed by atoms with Gasteiger partial charge in [0.2, 0.25) is 0 Å². The molecule has 0 radical (unpaired) electrons. The molecule has 0 aliphatic carbocycles. The molecule has 0 amide bonds. The van der Waals surface area contributed by atoms with Crippen molar-refractivity contribution in [1.29, 1.82) is 5.26 Å². The number of ether oxygens (including phenoxy) is 1. The number of hydrogen-bond acceptors (Lipinski definition) is 10. The van der Waals surface area contributed by atoms with Crippen molar-refractivity contribution in [1.82, 2.24) is 25.2 Å². The van der Waals surface area contributed by atoms with Crippen LogP contribution in [0.15, 0.2) is 36.6 Å². The summed E-state index contributed by atoms with van der Waals surface area (Å²) in [5.74, 6) is -0.310. The fraction of sp³-hybridized carbons (Fsp3) is 0.438. The first-order chi connectivity index (χ1) is 21.9. The van der Waals surface area contributed by atoms with E-state index in [9.17, 15) is 14.0 Å². The second kappa shape index (κ2) is 12.8. The largest absolute Gasteiger partial charge is 0.461 e. The molecule has 1 aromatic carbocycles. The number of hydrogen-bond donors (Lipinski definition) is 2. The average molecular weight is 637 g/mol. The molecule has 7 rings (SSSR count). The van der Waals surface area contributed by atoms with E-state index in [0.29, 0.717) is 46.9 Å². The van der Waals surface area contributed by atoms with Gasteiger partial charge in [0.15, 0.2) is 5.82 Å². The van der Waals surface area contributed by atoms with E-state index in [0.717, 1.165) is 49.5 Å². The van der Waals surface area contributed by atoms with Gasteiger partial charge in [0.25, 0.3) is 6.08 Å². The van der Waals surface area contributed by atoms with Crippen molar-refractivity contribution in [2.24, 2.45) is 0 Å². The number of aromatic nitrogens is 3. The number of piperazine rings is 1. The van der Waals surface area contributed by atoms with Gasteiger partial charge in [-0.1, -0.05) is 26.0 Å². The fourth-order valence-electron chi connectivity index (χ4n) is 6.88. The summed E-state index contributed by atoms with van der Waals surface area (Å²) in [6, 6.07) is 6.87. The molecule has 3 aromatic heterocycles. The normalized spacial score (nSPS) is 19.2. The van der Waals surface area contributed by atoms with E-state index in [-0.39, 0.29) is 34.9 Å². The van der Waals surface area contributed by atoms with E-state index in [1.54, 1.807) is 12.1 Å². The molecular weight excluding hydrogens is 601 g/mol. The first-order valence-electron chi connectivity index (χ1n) is 15.3. The van der Waals surface area contributed by atoms with Crippen LogP contribution < -0.4 is 20.7 Å². The minimum Gasteiger partial charge on any atom is -0.461 e. The van der Waals surface area contributed by atoms with Gasteiger partial charge >= 0.3 is 6.01 Å². The highest BCUT2D eigenvalue weighted by Gasteiger charge is 2.45. The van der Waals surface area contributed by atoms with Crippen molar-refractivity contribution in [2.45, 2.75) is 51.1 Å². The van der Waals surface area contributed by atoms with Crippen LogP contribution in [0.2, 0.25) is 0 Å². The first-order valence-corrected chi connectivity index (χ1v) is 16.2. The van der Waals surface area contributed by atoms with E-state index in [1.807, 2.05) is 24.8 Å². The number of fused-ring (bicyclic) bond motifs is 3. The topological polar surface area (TPSA) is 116 Å². The van der Waals surface area contributed by atoms with Gasteiger partial charge in [-0.25, -0.2) is 4.39 Å². The Morgan fingerprint density at radius 2 is 2.00 bits per heavy atom. The maximum Gasteiger partial charge on any atom is 0.319 e. The second-order valence-electron chi connectivity index (χ2n) is 11.3. The maximum atomic E-state index is 16.6. The van der Waals surface area contributed by atoms with E-state index in [2.05, 4.69) is 26.3 Å². The molecule has 1 unspecified atom stereocenters. The molecule has 3 saturated heterocycles. The van der Waals surface area contributed by atoms with Gasteiger partial charge in [-0.15, -0.1) is 11.3 Å². The number of benzene rings is 1. The molecule has 1 atom stereocenters. The third-order valence-electron chi connectivity index (χ3n) is 8.87. The third-order valence-corrected chi connectivity index (χ3v) is 9.85. The van der Waals surface area contributed by atoms with E-state index in [1.165, 1.54) is 17.5 Å². The Hall–Kier alpha value is -3.99. The van der Waals surface area contributed by atoms with Gasteiger partial charge in [0.1, 0.15) is 34.7 Å². The minimum atomic E-state index is -1.77. The highest BCUT2D eigenvalue weighted by Crippen LogP contribution is 2.42. The number of pyridine rings is 1. The molecule has 6 heterocycles. The molecule has 9 nitrogen and oxygen atoms in total. The van der Waals surface area contributed by atoms with Crippen molar-refractivity contribution < 1.29 is 17.9 Å². The van der Waals surface area contributed by atoms with Crippen LogP contribution in [0.4, 0.5) is 24.0 Å². The van der Waals surface area contributed by atoms with E-state index < -0.39 is 17.9 Å². The number of anilines is 2. The van der Waals surface area contributed by atoms with Crippen molar-refractivity contribution in [3.63, 3.8) is 0 Å². The Kier molecular flexibility index (Phi) is 8.81. The SMILES string of the molecule is CC.N#Cc1c(N)sc2cccc(-c3ncc4c(N5CCNC(C=C(F)F)C5)nc(OCC56CCCN5CCC6)nc4c3F)c12. The number of nitrogens with one attached hydrogen (secondary N) is 1. The van der Waals surface area contributed by atoms with Gasteiger partial charge in [-0.2, -0.15) is 24.0 Å². The van der Waals surface area contributed by atoms with Gasteiger partial charge in [-0.3, -0.25) is 9.88 Å². The molecule has 13 heteroatoms. The van der Waals surface area contributed by atoms with Crippen molar-refractivity contribution in [2.75, 3.05) is 50.0 Å². The molecule has 3 aliphatic rings. The first kappa shape index (κ1) is 31.0. The Labute approximate surface area is 263 Å². The summed E-state index contributed by atoms with van der Waals surface area (Å²) in [5, 5.41) is 14.1. The summed E-state index contributed by atoms with van der Waals surface area (Å²) in [6.45, 7) is 7.53. The highest BCUT2D eigenvalue weighted by atomic mass is 32.1. The lowest BCUT2D eigenvalue weighted by atomic mass is 9.95. The molecule has 236 valence electrons. The van der Waals surface area contributed by atoms with Crippen LogP contribution >= 0.6 is 11.3 Å². The Bertz CT molecular complexity index is 1790.